The first-order chi connectivity index (χ1) is 10.3. The van der Waals surface area contributed by atoms with Crippen LogP contribution in [-0.2, 0) is 16.0 Å². The zero-order valence-electron chi connectivity index (χ0n) is 12.8. The molecule has 1 saturated heterocycles. The van der Waals surface area contributed by atoms with Gasteiger partial charge in [0.15, 0.2) is 0 Å². The Kier molecular flexibility index (Phi) is 6.54. The van der Waals surface area contributed by atoms with Gasteiger partial charge in [0, 0.05) is 13.0 Å². The molecule has 1 N–H and O–H groups in total. The lowest BCUT2D eigenvalue weighted by Crippen LogP contribution is -2.40. The maximum absolute atomic E-state index is 11.9. The largest absolute Gasteiger partial charge is 0.494 e. The first kappa shape index (κ1) is 15.8. The molecule has 0 unspecified atom stereocenters. The maximum atomic E-state index is 11.9. The van der Waals surface area contributed by atoms with Gasteiger partial charge in [-0.25, -0.2) is 0 Å². The number of amides is 1. The van der Waals surface area contributed by atoms with Crippen molar-refractivity contribution in [2.45, 2.75) is 45.1 Å². The summed E-state index contributed by atoms with van der Waals surface area (Å²) in [6.07, 6.45) is 4.34. The van der Waals surface area contributed by atoms with Gasteiger partial charge in [-0.05, 0) is 43.4 Å². The summed E-state index contributed by atoms with van der Waals surface area (Å²) in [5, 5.41) is 3.04. The average molecular weight is 291 g/mol. The molecule has 1 fully saturated rings. The first-order valence-corrected chi connectivity index (χ1v) is 7.87. The second-order valence-corrected chi connectivity index (χ2v) is 5.47. The fourth-order valence-electron chi connectivity index (χ4n) is 2.38. The van der Waals surface area contributed by atoms with E-state index in [1.54, 1.807) is 0 Å². The van der Waals surface area contributed by atoms with E-state index in [1.165, 1.54) is 0 Å². The van der Waals surface area contributed by atoms with Gasteiger partial charge < -0.3 is 14.8 Å². The lowest BCUT2D eigenvalue weighted by atomic mass is 10.1. The lowest BCUT2D eigenvalue weighted by Gasteiger charge is -2.23. The molecule has 1 aliphatic rings. The van der Waals surface area contributed by atoms with E-state index in [9.17, 15) is 4.79 Å². The van der Waals surface area contributed by atoms with E-state index < -0.39 is 0 Å². The first-order valence-electron chi connectivity index (χ1n) is 7.87. The highest BCUT2D eigenvalue weighted by molar-refractivity contribution is 5.76. The second kappa shape index (κ2) is 8.67. The van der Waals surface area contributed by atoms with Crippen molar-refractivity contribution in [3.8, 4) is 5.75 Å². The third kappa shape index (κ3) is 5.76. The average Bonchev–Trinajstić information content (AvgIpc) is 2.53. The van der Waals surface area contributed by atoms with E-state index in [-0.39, 0.29) is 11.9 Å². The fourth-order valence-corrected chi connectivity index (χ4v) is 2.38. The zero-order valence-corrected chi connectivity index (χ0v) is 12.8. The van der Waals surface area contributed by atoms with Gasteiger partial charge in [-0.2, -0.15) is 0 Å². The van der Waals surface area contributed by atoms with Crippen molar-refractivity contribution in [3.63, 3.8) is 0 Å². The molecule has 0 aromatic heterocycles. The topological polar surface area (TPSA) is 47.6 Å². The smallest absolute Gasteiger partial charge is 0.220 e. The highest BCUT2D eigenvalue weighted by Gasteiger charge is 2.15. The zero-order chi connectivity index (χ0) is 14.9. The minimum absolute atomic E-state index is 0.108. The summed E-state index contributed by atoms with van der Waals surface area (Å²) < 4.78 is 10.9. The van der Waals surface area contributed by atoms with Crippen LogP contribution in [0.4, 0.5) is 0 Å². The number of hydrogen-bond donors (Lipinski definition) is 1. The predicted octanol–water partition coefficient (Wildman–Crippen LogP) is 2.70. The van der Waals surface area contributed by atoms with Gasteiger partial charge in [0.1, 0.15) is 5.75 Å². The molecule has 0 saturated carbocycles. The highest BCUT2D eigenvalue weighted by Crippen LogP contribution is 2.14. The summed E-state index contributed by atoms with van der Waals surface area (Å²) >= 11 is 0. The number of nitrogens with one attached hydrogen (secondary N) is 1. The third-order valence-electron chi connectivity index (χ3n) is 3.56. The van der Waals surface area contributed by atoms with Crippen molar-refractivity contribution in [3.05, 3.63) is 29.8 Å². The normalized spacial score (nSPS) is 18.2. The Morgan fingerprint density at radius 1 is 1.38 bits per heavy atom. The fraction of sp³-hybridized carbons (Fsp3) is 0.588. The van der Waals surface area contributed by atoms with Gasteiger partial charge in [-0.3, -0.25) is 4.79 Å². The van der Waals surface area contributed by atoms with Gasteiger partial charge >= 0.3 is 0 Å². The Morgan fingerprint density at radius 3 is 2.86 bits per heavy atom. The standard InChI is InChI=1S/C17H25NO3/c1-2-11-21-16-8-5-14(6-9-16)7-10-17(19)18-15-4-3-12-20-13-15/h5-6,8-9,15H,2-4,7,10-13H2,1H3,(H,18,19)/t15-/m1/s1. The van der Waals surface area contributed by atoms with Crippen LogP contribution < -0.4 is 10.1 Å². The van der Waals surface area contributed by atoms with Crippen LogP contribution in [0.3, 0.4) is 0 Å². The number of ether oxygens (including phenoxy) is 2. The Hall–Kier alpha value is -1.55. The van der Waals surface area contributed by atoms with E-state index in [1.807, 2.05) is 24.3 Å². The van der Waals surface area contributed by atoms with Crippen molar-refractivity contribution in [1.29, 1.82) is 0 Å². The monoisotopic (exact) mass is 291 g/mol. The maximum Gasteiger partial charge on any atom is 0.220 e. The Morgan fingerprint density at radius 2 is 2.19 bits per heavy atom. The van der Waals surface area contributed by atoms with Crippen LogP contribution in [-0.4, -0.2) is 31.8 Å². The third-order valence-corrected chi connectivity index (χ3v) is 3.56. The number of carbonyl (C=O) groups is 1. The SMILES string of the molecule is CCCOc1ccc(CCC(=O)N[C@@H]2CCCOC2)cc1. The number of hydrogen-bond acceptors (Lipinski definition) is 3. The molecule has 0 aliphatic carbocycles. The van der Waals surface area contributed by atoms with E-state index in [2.05, 4.69) is 12.2 Å². The van der Waals surface area contributed by atoms with E-state index >= 15 is 0 Å². The van der Waals surface area contributed by atoms with Crippen molar-refractivity contribution in [1.82, 2.24) is 5.32 Å². The molecule has 1 aliphatic heterocycles. The number of carbonyl (C=O) groups excluding carboxylic acids is 1. The summed E-state index contributed by atoms with van der Waals surface area (Å²) in [4.78, 5) is 11.9. The molecule has 4 nitrogen and oxygen atoms in total. The molecule has 1 aromatic carbocycles. The summed E-state index contributed by atoms with van der Waals surface area (Å²) in [5.41, 5.74) is 1.16. The minimum Gasteiger partial charge on any atom is -0.494 e. The molecule has 1 aromatic rings. The molecule has 21 heavy (non-hydrogen) atoms. The van der Waals surface area contributed by atoms with Gasteiger partial charge in [-0.1, -0.05) is 19.1 Å². The molecule has 1 heterocycles. The summed E-state index contributed by atoms with van der Waals surface area (Å²) in [6.45, 7) is 4.30. The quantitative estimate of drug-likeness (QED) is 0.840. The number of rotatable bonds is 7. The predicted molar refractivity (Wildman–Crippen MR) is 82.5 cm³/mol. The molecular weight excluding hydrogens is 266 g/mol. The van der Waals surface area contributed by atoms with Crippen molar-refractivity contribution >= 4 is 5.91 Å². The van der Waals surface area contributed by atoms with E-state index in [0.29, 0.717) is 13.0 Å². The molecule has 0 radical (unpaired) electrons. The van der Waals surface area contributed by atoms with E-state index in [0.717, 1.165) is 50.2 Å². The summed E-state index contributed by atoms with van der Waals surface area (Å²) in [6, 6.07) is 8.19. The highest BCUT2D eigenvalue weighted by atomic mass is 16.5. The van der Waals surface area contributed by atoms with Crippen LogP contribution in [0, 0.1) is 0 Å². The molecule has 0 spiro atoms. The molecule has 1 atom stereocenters. The Balaban J connectivity index is 1.70. The van der Waals surface area contributed by atoms with Crippen LogP contribution in [0.1, 0.15) is 38.2 Å². The number of aryl methyl sites for hydroxylation is 1. The van der Waals surface area contributed by atoms with Gasteiger partial charge in [-0.15, -0.1) is 0 Å². The van der Waals surface area contributed by atoms with Crippen LogP contribution in [0.25, 0.3) is 0 Å². The summed E-state index contributed by atoms with van der Waals surface area (Å²) in [5.74, 6) is 1.00. The molecule has 1 amide bonds. The minimum atomic E-state index is 0.108. The Bertz CT molecular complexity index is 424. The number of benzene rings is 1. The van der Waals surface area contributed by atoms with Crippen LogP contribution in [0.5, 0.6) is 5.75 Å². The van der Waals surface area contributed by atoms with Crippen LogP contribution in [0.2, 0.25) is 0 Å². The second-order valence-electron chi connectivity index (χ2n) is 5.47. The van der Waals surface area contributed by atoms with Crippen molar-refractivity contribution < 1.29 is 14.3 Å². The van der Waals surface area contributed by atoms with Crippen LogP contribution in [0.15, 0.2) is 24.3 Å². The molecular formula is C17H25NO3. The van der Waals surface area contributed by atoms with Crippen molar-refractivity contribution in [2.75, 3.05) is 19.8 Å². The summed E-state index contributed by atoms with van der Waals surface area (Å²) in [7, 11) is 0. The molecule has 2 rings (SSSR count). The van der Waals surface area contributed by atoms with E-state index in [4.69, 9.17) is 9.47 Å². The van der Waals surface area contributed by atoms with Crippen molar-refractivity contribution in [2.24, 2.45) is 0 Å². The molecule has 116 valence electrons. The van der Waals surface area contributed by atoms with Gasteiger partial charge in [0.2, 0.25) is 5.91 Å². The van der Waals surface area contributed by atoms with Gasteiger partial charge in [0.25, 0.3) is 0 Å². The van der Waals surface area contributed by atoms with Crippen LogP contribution >= 0.6 is 0 Å². The van der Waals surface area contributed by atoms with Gasteiger partial charge in [0.05, 0.1) is 19.3 Å². The molecule has 0 bridgehead atoms. The Labute approximate surface area is 126 Å². The lowest BCUT2D eigenvalue weighted by molar-refractivity contribution is -0.122. The molecule has 4 heteroatoms.